The Balaban J connectivity index is 1.94. The molecule has 0 aromatic heterocycles. The van der Waals surface area contributed by atoms with Crippen molar-refractivity contribution in [3.05, 3.63) is 69.7 Å². The SMILES string of the molecule is COc1ccc(Br)cc1/C=C/C(=O)OCc1ccc(C(C)C)cc1. The zero-order valence-corrected chi connectivity index (χ0v) is 15.7. The van der Waals surface area contributed by atoms with Crippen molar-refractivity contribution in [2.75, 3.05) is 7.11 Å². The predicted octanol–water partition coefficient (Wildman–Crippen LogP) is 5.34. The van der Waals surface area contributed by atoms with Gasteiger partial charge in [0.05, 0.1) is 7.11 Å². The number of esters is 1. The van der Waals surface area contributed by atoms with E-state index in [0.717, 1.165) is 15.6 Å². The van der Waals surface area contributed by atoms with Crippen LogP contribution in [0.25, 0.3) is 6.08 Å². The van der Waals surface area contributed by atoms with Gasteiger partial charge in [0, 0.05) is 16.1 Å². The van der Waals surface area contributed by atoms with Gasteiger partial charge < -0.3 is 9.47 Å². The molecule has 2 aromatic carbocycles. The maximum absolute atomic E-state index is 11.9. The molecule has 0 atom stereocenters. The van der Waals surface area contributed by atoms with Crippen LogP contribution >= 0.6 is 15.9 Å². The number of ether oxygens (including phenoxy) is 2. The number of methoxy groups -OCH3 is 1. The van der Waals surface area contributed by atoms with Crippen molar-refractivity contribution in [1.29, 1.82) is 0 Å². The molecule has 0 saturated carbocycles. The van der Waals surface area contributed by atoms with Gasteiger partial charge in [0.25, 0.3) is 0 Å². The van der Waals surface area contributed by atoms with Gasteiger partial charge in [-0.3, -0.25) is 0 Å². The molecular weight excluding hydrogens is 368 g/mol. The molecule has 0 bridgehead atoms. The summed E-state index contributed by atoms with van der Waals surface area (Å²) in [4.78, 5) is 11.9. The highest BCUT2D eigenvalue weighted by atomic mass is 79.9. The lowest BCUT2D eigenvalue weighted by Crippen LogP contribution is -2.01. The van der Waals surface area contributed by atoms with Gasteiger partial charge in [0.15, 0.2) is 0 Å². The quantitative estimate of drug-likeness (QED) is 0.494. The van der Waals surface area contributed by atoms with E-state index in [1.54, 1.807) is 13.2 Å². The second kappa shape index (κ2) is 8.69. The molecule has 0 N–H and O–H groups in total. The molecule has 4 heteroatoms. The highest BCUT2D eigenvalue weighted by Gasteiger charge is 2.04. The maximum Gasteiger partial charge on any atom is 0.331 e. The molecule has 0 aliphatic carbocycles. The smallest absolute Gasteiger partial charge is 0.331 e. The summed E-state index contributed by atoms with van der Waals surface area (Å²) in [5, 5.41) is 0. The van der Waals surface area contributed by atoms with Crippen LogP contribution in [0.2, 0.25) is 0 Å². The summed E-state index contributed by atoms with van der Waals surface area (Å²) in [6.45, 7) is 4.56. The number of carbonyl (C=O) groups is 1. The number of carbonyl (C=O) groups excluding carboxylic acids is 1. The van der Waals surface area contributed by atoms with Gasteiger partial charge in [0.2, 0.25) is 0 Å². The molecule has 0 aliphatic heterocycles. The largest absolute Gasteiger partial charge is 0.496 e. The van der Waals surface area contributed by atoms with Crippen molar-refractivity contribution in [2.45, 2.75) is 26.4 Å². The minimum absolute atomic E-state index is 0.261. The number of hydrogen-bond acceptors (Lipinski definition) is 3. The van der Waals surface area contributed by atoms with E-state index in [1.807, 2.05) is 30.3 Å². The third-order valence-electron chi connectivity index (χ3n) is 3.62. The predicted molar refractivity (Wildman–Crippen MR) is 100 cm³/mol. The van der Waals surface area contributed by atoms with E-state index in [2.05, 4.69) is 41.9 Å². The third kappa shape index (κ3) is 5.24. The number of rotatable bonds is 6. The Morgan fingerprint density at radius 2 is 1.88 bits per heavy atom. The van der Waals surface area contributed by atoms with Crippen LogP contribution in [0, 0.1) is 0 Å². The van der Waals surface area contributed by atoms with Gasteiger partial charge >= 0.3 is 5.97 Å². The topological polar surface area (TPSA) is 35.5 Å². The molecule has 2 aromatic rings. The molecule has 0 saturated heterocycles. The summed E-state index contributed by atoms with van der Waals surface area (Å²) < 4.78 is 11.5. The zero-order chi connectivity index (χ0) is 17.5. The fraction of sp³-hybridized carbons (Fsp3) is 0.250. The van der Waals surface area contributed by atoms with E-state index in [0.29, 0.717) is 11.7 Å². The first-order chi connectivity index (χ1) is 11.5. The van der Waals surface area contributed by atoms with Crippen LogP contribution in [0.1, 0.15) is 36.5 Å². The molecule has 2 rings (SSSR count). The summed E-state index contributed by atoms with van der Waals surface area (Å²) in [6, 6.07) is 13.7. The standard InChI is InChI=1S/C20H21BrO3/c1-14(2)16-6-4-15(5-7-16)13-24-20(22)11-8-17-12-18(21)9-10-19(17)23-3/h4-12,14H,13H2,1-3H3/b11-8+. The summed E-state index contributed by atoms with van der Waals surface area (Å²) in [5.74, 6) is 0.807. The average molecular weight is 389 g/mol. The van der Waals surface area contributed by atoms with Crippen molar-refractivity contribution in [1.82, 2.24) is 0 Å². The summed E-state index contributed by atoms with van der Waals surface area (Å²) in [5.41, 5.74) is 3.05. The summed E-state index contributed by atoms with van der Waals surface area (Å²) in [6.07, 6.45) is 3.10. The Morgan fingerprint density at radius 3 is 2.50 bits per heavy atom. The fourth-order valence-corrected chi connectivity index (χ4v) is 2.57. The van der Waals surface area contributed by atoms with Crippen LogP contribution in [0.5, 0.6) is 5.75 Å². The van der Waals surface area contributed by atoms with E-state index < -0.39 is 0 Å². The number of halogens is 1. The van der Waals surface area contributed by atoms with Crippen molar-refractivity contribution in [3.63, 3.8) is 0 Å². The molecular formula is C20H21BrO3. The number of hydrogen-bond donors (Lipinski definition) is 0. The maximum atomic E-state index is 11.9. The first-order valence-electron chi connectivity index (χ1n) is 7.77. The summed E-state index contributed by atoms with van der Waals surface area (Å²) >= 11 is 3.40. The highest BCUT2D eigenvalue weighted by Crippen LogP contribution is 2.24. The van der Waals surface area contributed by atoms with Gasteiger partial charge in [0.1, 0.15) is 12.4 Å². The van der Waals surface area contributed by atoms with Crippen LogP contribution < -0.4 is 4.74 Å². The van der Waals surface area contributed by atoms with E-state index in [-0.39, 0.29) is 12.6 Å². The first kappa shape index (κ1) is 18.3. The van der Waals surface area contributed by atoms with Gasteiger partial charge in [-0.15, -0.1) is 0 Å². The molecule has 0 fully saturated rings. The van der Waals surface area contributed by atoms with Crippen molar-refractivity contribution >= 4 is 28.0 Å². The minimum Gasteiger partial charge on any atom is -0.496 e. The lowest BCUT2D eigenvalue weighted by atomic mass is 10.0. The van der Waals surface area contributed by atoms with Crippen molar-refractivity contribution in [2.24, 2.45) is 0 Å². The molecule has 0 heterocycles. The third-order valence-corrected chi connectivity index (χ3v) is 4.11. The van der Waals surface area contributed by atoms with Gasteiger partial charge in [-0.25, -0.2) is 4.79 Å². The van der Waals surface area contributed by atoms with Crippen LogP contribution in [0.3, 0.4) is 0 Å². The van der Waals surface area contributed by atoms with Gasteiger partial charge in [-0.2, -0.15) is 0 Å². The lowest BCUT2D eigenvalue weighted by molar-refractivity contribution is -0.138. The first-order valence-corrected chi connectivity index (χ1v) is 8.56. The number of benzene rings is 2. The van der Waals surface area contributed by atoms with Crippen LogP contribution in [0.4, 0.5) is 0 Å². The van der Waals surface area contributed by atoms with Crippen LogP contribution in [0.15, 0.2) is 53.0 Å². The second-order valence-corrected chi connectivity index (χ2v) is 6.64. The fourth-order valence-electron chi connectivity index (χ4n) is 2.19. The van der Waals surface area contributed by atoms with E-state index in [9.17, 15) is 4.79 Å². The second-order valence-electron chi connectivity index (χ2n) is 5.72. The van der Waals surface area contributed by atoms with Crippen LogP contribution in [-0.2, 0) is 16.1 Å². The Labute approximate surface area is 151 Å². The minimum atomic E-state index is -0.384. The molecule has 0 amide bonds. The molecule has 3 nitrogen and oxygen atoms in total. The van der Waals surface area contributed by atoms with Crippen molar-refractivity contribution < 1.29 is 14.3 Å². The molecule has 0 spiro atoms. The Hall–Kier alpha value is -2.07. The monoisotopic (exact) mass is 388 g/mol. The Kier molecular flexibility index (Phi) is 6.62. The molecule has 0 unspecified atom stereocenters. The highest BCUT2D eigenvalue weighted by molar-refractivity contribution is 9.10. The Bertz CT molecular complexity index is 718. The van der Waals surface area contributed by atoms with E-state index >= 15 is 0 Å². The van der Waals surface area contributed by atoms with Crippen LogP contribution in [-0.4, -0.2) is 13.1 Å². The molecule has 0 radical (unpaired) electrons. The molecule has 0 aliphatic rings. The van der Waals surface area contributed by atoms with Gasteiger partial charge in [-0.1, -0.05) is 54.0 Å². The molecule has 126 valence electrons. The average Bonchev–Trinajstić information content (AvgIpc) is 2.58. The zero-order valence-electron chi connectivity index (χ0n) is 14.1. The lowest BCUT2D eigenvalue weighted by Gasteiger charge is -2.07. The Morgan fingerprint density at radius 1 is 1.17 bits per heavy atom. The van der Waals surface area contributed by atoms with Gasteiger partial charge in [-0.05, 0) is 41.3 Å². The van der Waals surface area contributed by atoms with Crippen molar-refractivity contribution in [3.8, 4) is 5.75 Å². The van der Waals surface area contributed by atoms with E-state index in [4.69, 9.17) is 9.47 Å². The summed E-state index contributed by atoms with van der Waals surface area (Å²) in [7, 11) is 1.60. The normalized spacial score (nSPS) is 11.0. The molecule has 24 heavy (non-hydrogen) atoms. The van der Waals surface area contributed by atoms with E-state index in [1.165, 1.54) is 11.6 Å².